The number of aryl methyl sites for hydroxylation is 1. The zero-order valence-electron chi connectivity index (χ0n) is 14.0. The van der Waals surface area contributed by atoms with E-state index in [0.29, 0.717) is 23.5 Å². The molecule has 0 amide bonds. The molecule has 3 aromatic heterocycles. The van der Waals surface area contributed by atoms with Gasteiger partial charge in [0, 0.05) is 7.05 Å². The topological polar surface area (TPSA) is 80.0 Å². The first-order valence-corrected chi connectivity index (χ1v) is 7.50. The van der Waals surface area contributed by atoms with Crippen molar-refractivity contribution >= 4 is 17.0 Å². The number of furan rings is 1. The number of aromatic nitrogens is 4. The lowest BCUT2D eigenvalue weighted by molar-refractivity contribution is 0.366. The van der Waals surface area contributed by atoms with Crippen LogP contribution in [0.4, 0.5) is 5.95 Å². The minimum Gasteiger partial charge on any atom is -0.464 e. The Balaban J connectivity index is 2.02. The van der Waals surface area contributed by atoms with Crippen molar-refractivity contribution < 1.29 is 4.42 Å². The van der Waals surface area contributed by atoms with Crippen LogP contribution in [0.5, 0.6) is 0 Å². The predicted molar refractivity (Wildman–Crippen MR) is 88.7 cm³/mol. The lowest BCUT2D eigenvalue weighted by atomic mass is 10.1. The highest BCUT2D eigenvalue weighted by molar-refractivity contribution is 5.74. The Morgan fingerprint density at radius 2 is 2.09 bits per heavy atom. The third kappa shape index (κ3) is 2.86. The summed E-state index contributed by atoms with van der Waals surface area (Å²) in [6.07, 6.45) is 1.56. The highest BCUT2D eigenvalue weighted by atomic mass is 16.3. The molecule has 23 heavy (non-hydrogen) atoms. The summed E-state index contributed by atoms with van der Waals surface area (Å²) in [7, 11) is 1.86. The summed E-state index contributed by atoms with van der Waals surface area (Å²) in [4.78, 5) is 21.5. The SMILES string of the molecule is Cc1ccc(CN(C)c2nc3c(cnn3C(C)(C)C)c(=O)[nH]2)o1. The largest absolute Gasteiger partial charge is 0.464 e. The van der Waals surface area contributed by atoms with Crippen LogP contribution in [0.1, 0.15) is 32.3 Å². The van der Waals surface area contributed by atoms with Gasteiger partial charge in [-0.25, -0.2) is 4.68 Å². The molecule has 0 spiro atoms. The molecule has 0 fully saturated rings. The summed E-state index contributed by atoms with van der Waals surface area (Å²) in [5, 5.41) is 4.80. The average molecular weight is 315 g/mol. The second-order valence-corrected chi connectivity index (χ2v) is 6.72. The second kappa shape index (κ2) is 5.26. The van der Waals surface area contributed by atoms with Crippen LogP contribution < -0.4 is 10.5 Å². The van der Waals surface area contributed by atoms with Gasteiger partial charge in [0.1, 0.15) is 16.9 Å². The maximum Gasteiger partial charge on any atom is 0.263 e. The third-order valence-electron chi connectivity index (χ3n) is 3.61. The van der Waals surface area contributed by atoms with E-state index >= 15 is 0 Å². The molecule has 0 aromatic carbocycles. The summed E-state index contributed by atoms with van der Waals surface area (Å²) in [5.74, 6) is 2.16. The van der Waals surface area contributed by atoms with E-state index in [1.54, 1.807) is 10.9 Å². The highest BCUT2D eigenvalue weighted by Gasteiger charge is 2.20. The highest BCUT2D eigenvalue weighted by Crippen LogP contribution is 2.20. The van der Waals surface area contributed by atoms with Crippen molar-refractivity contribution in [3.63, 3.8) is 0 Å². The Kier molecular flexibility index (Phi) is 3.50. The maximum absolute atomic E-state index is 12.3. The van der Waals surface area contributed by atoms with Crippen LogP contribution in [0, 0.1) is 6.92 Å². The van der Waals surface area contributed by atoms with E-state index in [1.165, 1.54) is 0 Å². The van der Waals surface area contributed by atoms with Gasteiger partial charge in [-0.3, -0.25) is 9.78 Å². The first-order chi connectivity index (χ1) is 10.8. The first-order valence-electron chi connectivity index (χ1n) is 7.50. The Hall–Kier alpha value is -2.57. The van der Waals surface area contributed by atoms with Gasteiger partial charge in [-0.2, -0.15) is 10.1 Å². The number of fused-ring (bicyclic) bond motifs is 1. The Morgan fingerprint density at radius 1 is 1.35 bits per heavy atom. The van der Waals surface area contributed by atoms with E-state index in [0.717, 1.165) is 11.5 Å². The molecule has 0 aliphatic carbocycles. The fourth-order valence-corrected chi connectivity index (χ4v) is 2.46. The van der Waals surface area contributed by atoms with Crippen molar-refractivity contribution in [1.82, 2.24) is 19.7 Å². The molecule has 7 heteroatoms. The zero-order valence-corrected chi connectivity index (χ0v) is 14.0. The molecule has 0 unspecified atom stereocenters. The van der Waals surface area contributed by atoms with Crippen LogP contribution in [0.2, 0.25) is 0 Å². The van der Waals surface area contributed by atoms with Crippen molar-refractivity contribution in [2.75, 3.05) is 11.9 Å². The van der Waals surface area contributed by atoms with Crippen LogP contribution in [-0.2, 0) is 12.1 Å². The third-order valence-corrected chi connectivity index (χ3v) is 3.61. The van der Waals surface area contributed by atoms with E-state index in [4.69, 9.17) is 4.42 Å². The molecule has 0 saturated carbocycles. The van der Waals surface area contributed by atoms with E-state index in [9.17, 15) is 4.79 Å². The standard InChI is InChI=1S/C16H21N5O2/c1-10-6-7-11(23-10)9-20(5)15-18-13-12(14(22)19-15)8-17-21(13)16(2,3)4/h6-8H,9H2,1-5H3,(H,18,19,22). The van der Waals surface area contributed by atoms with Gasteiger partial charge in [0.05, 0.1) is 18.3 Å². The molecular weight excluding hydrogens is 294 g/mol. The number of anilines is 1. The van der Waals surface area contributed by atoms with Gasteiger partial charge in [-0.15, -0.1) is 0 Å². The van der Waals surface area contributed by atoms with Gasteiger partial charge < -0.3 is 9.32 Å². The minimum absolute atomic E-state index is 0.192. The number of nitrogens with zero attached hydrogens (tertiary/aromatic N) is 4. The molecule has 122 valence electrons. The fraction of sp³-hybridized carbons (Fsp3) is 0.438. The van der Waals surface area contributed by atoms with Crippen LogP contribution in [0.15, 0.2) is 27.5 Å². The van der Waals surface area contributed by atoms with E-state index in [2.05, 4.69) is 15.1 Å². The van der Waals surface area contributed by atoms with Gasteiger partial charge in [0.2, 0.25) is 5.95 Å². The molecule has 0 bridgehead atoms. The number of H-pyrrole nitrogens is 1. The van der Waals surface area contributed by atoms with Gasteiger partial charge in [0.25, 0.3) is 5.56 Å². The number of aromatic amines is 1. The second-order valence-electron chi connectivity index (χ2n) is 6.72. The Labute approximate surface area is 133 Å². The summed E-state index contributed by atoms with van der Waals surface area (Å²) < 4.78 is 7.35. The van der Waals surface area contributed by atoms with Crippen LogP contribution in [-0.4, -0.2) is 26.8 Å². The lowest BCUT2D eigenvalue weighted by Gasteiger charge is -2.21. The van der Waals surface area contributed by atoms with E-state index < -0.39 is 0 Å². The van der Waals surface area contributed by atoms with Gasteiger partial charge in [-0.05, 0) is 39.8 Å². The van der Waals surface area contributed by atoms with Crippen LogP contribution in [0.3, 0.4) is 0 Å². The lowest BCUT2D eigenvalue weighted by Crippen LogP contribution is -2.26. The molecule has 3 heterocycles. The maximum atomic E-state index is 12.3. The van der Waals surface area contributed by atoms with Crippen LogP contribution >= 0.6 is 0 Å². The summed E-state index contributed by atoms with van der Waals surface area (Å²) >= 11 is 0. The number of nitrogens with one attached hydrogen (secondary N) is 1. The number of rotatable bonds is 3. The molecule has 0 aliphatic rings. The van der Waals surface area contributed by atoms with Crippen molar-refractivity contribution in [1.29, 1.82) is 0 Å². The Bertz CT molecular complexity index is 897. The van der Waals surface area contributed by atoms with Gasteiger partial charge >= 0.3 is 0 Å². The summed E-state index contributed by atoms with van der Waals surface area (Å²) in [6.45, 7) is 8.50. The van der Waals surface area contributed by atoms with Crippen molar-refractivity contribution in [2.45, 2.75) is 39.8 Å². The quantitative estimate of drug-likeness (QED) is 0.803. The van der Waals surface area contributed by atoms with Gasteiger partial charge in [0.15, 0.2) is 5.65 Å². The number of hydrogen-bond acceptors (Lipinski definition) is 5. The fourth-order valence-electron chi connectivity index (χ4n) is 2.46. The summed E-state index contributed by atoms with van der Waals surface area (Å²) in [5.41, 5.74) is 0.137. The van der Waals surface area contributed by atoms with E-state index in [-0.39, 0.29) is 11.1 Å². The molecule has 7 nitrogen and oxygen atoms in total. The normalized spacial score (nSPS) is 12.0. The molecule has 3 aromatic rings. The Morgan fingerprint density at radius 3 is 2.70 bits per heavy atom. The molecule has 0 saturated heterocycles. The molecule has 0 aliphatic heterocycles. The van der Waals surface area contributed by atoms with Crippen molar-refractivity contribution in [2.24, 2.45) is 0 Å². The summed E-state index contributed by atoms with van der Waals surface area (Å²) in [6, 6.07) is 3.83. The average Bonchev–Trinajstić information content (AvgIpc) is 3.04. The minimum atomic E-state index is -0.253. The number of hydrogen-bond donors (Lipinski definition) is 1. The van der Waals surface area contributed by atoms with E-state index in [1.807, 2.05) is 51.8 Å². The monoisotopic (exact) mass is 315 g/mol. The predicted octanol–water partition coefficient (Wildman–Crippen LogP) is 2.41. The van der Waals surface area contributed by atoms with Crippen molar-refractivity contribution in [3.8, 4) is 0 Å². The molecule has 0 radical (unpaired) electrons. The zero-order chi connectivity index (χ0) is 16.8. The molecule has 3 rings (SSSR count). The smallest absolute Gasteiger partial charge is 0.263 e. The molecule has 0 atom stereocenters. The molecule has 1 N–H and O–H groups in total. The first kappa shape index (κ1) is 15.3. The van der Waals surface area contributed by atoms with Crippen LogP contribution in [0.25, 0.3) is 11.0 Å². The molecular formula is C16H21N5O2. The van der Waals surface area contributed by atoms with Gasteiger partial charge in [-0.1, -0.05) is 0 Å². The van der Waals surface area contributed by atoms with Crippen molar-refractivity contribution in [3.05, 3.63) is 40.2 Å².